The summed E-state index contributed by atoms with van der Waals surface area (Å²) >= 11 is 0. The molecule has 0 radical (unpaired) electrons. The summed E-state index contributed by atoms with van der Waals surface area (Å²) in [6.07, 6.45) is 0.724. The van der Waals surface area contributed by atoms with Crippen LogP contribution < -0.4 is 9.64 Å². The molecule has 1 unspecified atom stereocenters. The van der Waals surface area contributed by atoms with Crippen LogP contribution in [0.3, 0.4) is 0 Å². The second-order valence-corrected chi connectivity index (χ2v) is 9.70. The molecular weight excluding hydrogens is 470 g/mol. The van der Waals surface area contributed by atoms with Crippen LogP contribution in [0, 0.1) is 6.92 Å². The van der Waals surface area contributed by atoms with Gasteiger partial charge in [-0.2, -0.15) is 0 Å². The minimum absolute atomic E-state index is 0.126. The van der Waals surface area contributed by atoms with Gasteiger partial charge in [0.25, 0.3) is 11.7 Å². The number of likely N-dealkylation sites (tertiary alicyclic amines) is 1. The molecule has 8 nitrogen and oxygen atoms in total. The highest BCUT2D eigenvalue weighted by Crippen LogP contribution is 2.40. The zero-order chi connectivity index (χ0) is 26.5. The summed E-state index contributed by atoms with van der Waals surface area (Å²) < 4.78 is 11.0. The molecule has 37 heavy (non-hydrogen) atoms. The van der Waals surface area contributed by atoms with E-state index in [0.29, 0.717) is 37.7 Å². The largest absolute Gasteiger partial charge is 0.507 e. The Morgan fingerprint density at radius 1 is 1.08 bits per heavy atom. The van der Waals surface area contributed by atoms with Gasteiger partial charge in [-0.15, -0.1) is 0 Å². The van der Waals surface area contributed by atoms with Crippen molar-refractivity contribution >= 4 is 23.1 Å². The Labute approximate surface area is 219 Å². The first-order valence-corrected chi connectivity index (χ1v) is 12.9. The fourth-order valence-electron chi connectivity index (χ4n) is 5.00. The average molecular weight is 508 g/mol. The number of carbonyl (C=O) groups excluding carboxylic acids is 2. The van der Waals surface area contributed by atoms with Crippen LogP contribution in [0.2, 0.25) is 0 Å². The van der Waals surface area contributed by atoms with Gasteiger partial charge in [0.2, 0.25) is 0 Å². The molecule has 1 N–H and O–H groups in total. The van der Waals surface area contributed by atoms with Gasteiger partial charge in [0.05, 0.1) is 31.4 Å². The molecule has 2 aliphatic heterocycles. The molecule has 0 bridgehead atoms. The van der Waals surface area contributed by atoms with E-state index in [1.807, 2.05) is 63.2 Å². The Morgan fingerprint density at radius 2 is 1.78 bits per heavy atom. The number of aliphatic hydroxyl groups is 1. The number of rotatable bonds is 9. The first-order chi connectivity index (χ1) is 17.8. The van der Waals surface area contributed by atoms with E-state index in [-0.39, 0.29) is 11.3 Å². The van der Waals surface area contributed by atoms with Crippen molar-refractivity contribution in [3.63, 3.8) is 0 Å². The van der Waals surface area contributed by atoms with Crippen LogP contribution in [0.25, 0.3) is 5.76 Å². The van der Waals surface area contributed by atoms with Gasteiger partial charge >= 0.3 is 0 Å². The van der Waals surface area contributed by atoms with Crippen molar-refractivity contribution in [1.29, 1.82) is 0 Å². The normalized spacial score (nSPS) is 19.9. The molecule has 2 fully saturated rings. The lowest BCUT2D eigenvalue weighted by Gasteiger charge is -2.29. The van der Waals surface area contributed by atoms with Crippen molar-refractivity contribution in [2.24, 2.45) is 0 Å². The number of amides is 1. The summed E-state index contributed by atoms with van der Waals surface area (Å²) in [4.78, 5) is 32.6. The smallest absolute Gasteiger partial charge is 0.295 e. The zero-order valence-electron chi connectivity index (χ0n) is 22.2. The fourth-order valence-corrected chi connectivity index (χ4v) is 5.00. The number of ether oxygens (including phenoxy) is 2. The minimum Gasteiger partial charge on any atom is -0.507 e. The van der Waals surface area contributed by atoms with Crippen LogP contribution in [0.1, 0.15) is 36.1 Å². The number of benzene rings is 2. The molecule has 0 spiro atoms. The lowest BCUT2D eigenvalue weighted by Crippen LogP contribution is -2.38. The summed E-state index contributed by atoms with van der Waals surface area (Å²) in [5, 5.41) is 11.4. The highest BCUT2D eigenvalue weighted by molar-refractivity contribution is 6.46. The average Bonchev–Trinajstić information content (AvgIpc) is 3.14. The molecule has 4 rings (SSSR count). The third-order valence-electron chi connectivity index (χ3n) is 7.01. The molecule has 198 valence electrons. The molecule has 2 heterocycles. The number of hydrogen-bond acceptors (Lipinski definition) is 7. The van der Waals surface area contributed by atoms with Gasteiger partial charge in [0.15, 0.2) is 0 Å². The molecule has 2 aliphatic rings. The maximum absolute atomic E-state index is 13.4. The predicted molar refractivity (Wildman–Crippen MR) is 144 cm³/mol. The predicted octanol–water partition coefficient (Wildman–Crippen LogP) is 3.60. The maximum Gasteiger partial charge on any atom is 0.295 e. The summed E-state index contributed by atoms with van der Waals surface area (Å²) in [6, 6.07) is 12.5. The number of carbonyl (C=O) groups is 2. The van der Waals surface area contributed by atoms with Crippen LogP contribution in [0.15, 0.2) is 48.0 Å². The third-order valence-corrected chi connectivity index (χ3v) is 7.01. The summed E-state index contributed by atoms with van der Waals surface area (Å²) in [7, 11) is 3.92. The molecular formula is C29H37N3O5. The minimum atomic E-state index is -0.660. The van der Waals surface area contributed by atoms with Gasteiger partial charge < -0.3 is 24.4 Å². The Balaban J connectivity index is 1.70. The quantitative estimate of drug-likeness (QED) is 0.315. The Bertz CT molecular complexity index is 1150. The molecule has 0 aromatic heterocycles. The van der Waals surface area contributed by atoms with Crippen LogP contribution in [-0.4, -0.2) is 86.7 Å². The van der Waals surface area contributed by atoms with Crippen molar-refractivity contribution in [2.45, 2.75) is 26.3 Å². The van der Waals surface area contributed by atoms with E-state index in [9.17, 15) is 14.7 Å². The number of aryl methyl sites for hydroxylation is 1. The summed E-state index contributed by atoms with van der Waals surface area (Å²) in [6.45, 7) is 8.69. The van der Waals surface area contributed by atoms with E-state index in [0.717, 1.165) is 42.9 Å². The van der Waals surface area contributed by atoms with Gasteiger partial charge in [0.1, 0.15) is 11.5 Å². The Kier molecular flexibility index (Phi) is 8.51. The van der Waals surface area contributed by atoms with E-state index < -0.39 is 17.7 Å². The first-order valence-electron chi connectivity index (χ1n) is 12.9. The van der Waals surface area contributed by atoms with E-state index in [4.69, 9.17) is 9.47 Å². The van der Waals surface area contributed by atoms with Gasteiger partial charge in [-0.1, -0.05) is 12.1 Å². The van der Waals surface area contributed by atoms with Crippen molar-refractivity contribution in [2.75, 3.05) is 65.0 Å². The molecule has 8 heteroatoms. The molecule has 0 saturated carbocycles. The summed E-state index contributed by atoms with van der Waals surface area (Å²) in [5.41, 5.74) is 3.21. The second-order valence-electron chi connectivity index (χ2n) is 9.70. The molecule has 2 saturated heterocycles. The van der Waals surface area contributed by atoms with Crippen LogP contribution in [0.4, 0.5) is 5.69 Å². The number of hydrogen-bond donors (Lipinski definition) is 1. The highest BCUT2D eigenvalue weighted by Gasteiger charge is 2.46. The maximum atomic E-state index is 13.4. The van der Waals surface area contributed by atoms with Gasteiger partial charge in [-0.25, -0.2) is 0 Å². The lowest BCUT2D eigenvalue weighted by molar-refractivity contribution is -0.140. The highest BCUT2D eigenvalue weighted by atomic mass is 16.5. The number of Topliss-reactive ketones (excluding diaryl/α,β-unsaturated/α-hetero) is 1. The first kappa shape index (κ1) is 26.7. The molecule has 0 aliphatic carbocycles. The van der Waals surface area contributed by atoms with Crippen LogP contribution in [-0.2, 0) is 14.3 Å². The van der Waals surface area contributed by atoms with Crippen molar-refractivity contribution in [1.82, 2.24) is 9.80 Å². The number of ketones is 1. The van der Waals surface area contributed by atoms with Crippen LogP contribution in [0.5, 0.6) is 5.75 Å². The molecule has 1 atom stereocenters. The number of aliphatic hydroxyl groups excluding tert-OH is 1. The molecule has 2 aromatic carbocycles. The lowest BCUT2D eigenvalue weighted by atomic mass is 9.93. The Morgan fingerprint density at radius 3 is 2.41 bits per heavy atom. The van der Waals surface area contributed by atoms with Gasteiger partial charge in [0, 0.05) is 51.5 Å². The topological polar surface area (TPSA) is 82.5 Å². The van der Waals surface area contributed by atoms with Crippen molar-refractivity contribution in [3.8, 4) is 5.75 Å². The Hall–Kier alpha value is -3.36. The third kappa shape index (κ3) is 5.81. The van der Waals surface area contributed by atoms with E-state index in [1.54, 1.807) is 17.0 Å². The number of anilines is 1. The number of nitrogens with zero attached hydrogens (tertiary/aromatic N) is 3. The zero-order valence-corrected chi connectivity index (χ0v) is 22.2. The van der Waals surface area contributed by atoms with Crippen molar-refractivity contribution < 1.29 is 24.2 Å². The van der Waals surface area contributed by atoms with Crippen LogP contribution >= 0.6 is 0 Å². The van der Waals surface area contributed by atoms with E-state index >= 15 is 0 Å². The SMILES string of the molecule is CCOc1ccc(C(O)=C2C(=O)C(=O)N(CCCN3CCOCC3)C2c2ccc(N(C)C)cc2)c(C)c1. The number of morpholine rings is 1. The monoisotopic (exact) mass is 507 g/mol. The molecule has 2 aromatic rings. The summed E-state index contributed by atoms with van der Waals surface area (Å²) in [5.74, 6) is -0.695. The standard InChI is InChI=1S/C29H37N3O5/c1-5-37-23-11-12-24(20(2)19-23)27(33)25-26(21-7-9-22(10-8-21)30(3)4)32(29(35)28(25)34)14-6-13-31-15-17-36-18-16-31/h7-12,19,26,33H,5-6,13-18H2,1-4H3. The second kappa shape index (κ2) is 11.8. The fraction of sp³-hybridized carbons (Fsp3) is 0.448. The van der Waals surface area contributed by atoms with E-state index in [1.165, 1.54) is 0 Å². The van der Waals surface area contributed by atoms with Gasteiger partial charge in [-0.3, -0.25) is 14.5 Å². The van der Waals surface area contributed by atoms with Crippen molar-refractivity contribution in [3.05, 3.63) is 64.7 Å². The molecule has 1 amide bonds. The van der Waals surface area contributed by atoms with Gasteiger partial charge in [-0.05, 0) is 61.7 Å². The van der Waals surface area contributed by atoms with E-state index in [2.05, 4.69) is 4.90 Å².